The molecule has 0 aromatic carbocycles. The van der Waals surface area contributed by atoms with Crippen molar-refractivity contribution in [3.8, 4) is 0 Å². The van der Waals surface area contributed by atoms with Crippen molar-refractivity contribution in [3.05, 3.63) is 0 Å². The van der Waals surface area contributed by atoms with Crippen LogP contribution >= 0.6 is 0 Å². The van der Waals surface area contributed by atoms with E-state index in [-0.39, 0.29) is 0 Å². The van der Waals surface area contributed by atoms with Crippen molar-refractivity contribution in [1.29, 1.82) is 0 Å². The Kier molecular flexibility index (Phi) is 2.85. The van der Waals surface area contributed by atoms with Gasteiger partial charge in [-0.25, -0.2) is 0 Å². The van der Waals surface area contributed by atoms with Gasteiger partial charge in [-0.05, 0) is 37.3 Å². The fourth-order valence-corrected chi connectivity index (χ4v) is 2.65. The van der Waals surface area contributed by atoms with Gasteiger partial charge in [0.15, 0.2) is 0 Å². The van der Waals surface area contributed by atoms with E-state index >= 15 is 0 Å². The van der Waals surface area contributed by atoms with Crippen LogP contribution in [0.4, 0.5) is 0 Å². The molecule has 0 aromatic rings. The fraction of sp³-hybridized carbons (Fsp3) is 1.00. The van der Waals surface area contributed by atoms with Gasteiger partial charge in [0.1, 0.15) is 0 Å². The SMILES string of the molecule is CCNC1CCN(CC2CC2(C)C)C1. The molecule has 1 saturated carbocycles. The highest BCUT2D eigenvalue weighted by Crippen LogP contribution is 2.51. The van der Waals surface area contributed by atoms with Crippen molar-refractivity contribution in [2.24, 2.45) is 11.3 Å². The maximum atomic E-state index is 3.55. The van der Waals surface area contributed by atoms with Gasteiger partial charge in [-0.1, -0.05) is 20.8 Å². The highest BCUT2D eigenvalue weighted by Gasteiger charge is 2.46. The molecule has 2 aliphatic rings. The summed E-state index contributed by atoms with van der Waals surface area (Å²) < 4.78 is 0. The zero-order chi connectivity index (χ0) is 10.2. The smallest absolute Gasteiger partial charge is 0.0207 e. The maximum absolute atomic E-state index is 3.55. The third-order valence-corrected chi connectivity index (χ3v) is 3.96. The van der Waals surface area contributed by atoms with Crippen molar-refractivity contribution in [2.45, 2.75) is 39.7 Å². The van der Waals surface area contributed by atoms with Gasteiger partial charge in [0.2, 0.25) is 0 Å². The number of nitrogens with zero attached hydrogens (tertiary/aromatic N) is 1. The van der Waals surface area contributed by atoms with Gasteiger partial charge in [-0.15, -0.1) is 0 Å². The lowest BCUT2D eigenvalue weighted by atomic mass is 10.1. The zero-order valence-corrected chi connectivity index (χ0v) is 9.84. The summed E-state index contributed by atoms with van der Waals surface area (Å²) in [7, 11) is 0. The van der Waals surface area contributed by atoms with E-state index in [4.69, 9.17) is 0 Å². The van der Waals surface area contributed by atoms with Crippen LogP contribution in [0.2, 0.25) is 0 Å². The van der Waals surface area contributed by atoms with Crippen LogP contribution in [0.15, 0.2) is 0 Å². The summed E-state index contributed by atoms with van der Waals surface area (Å²) in [6.45, 7) is 12.0. The molecule has 1 aliphatic heterocycles. The van der Waals surface area contributed by atoms with Gasteiger partial charge in [0.25, 0.3) is 0 Å². The van der Waals surface area contributed by atoms with Crippen LogP contribution in [-0.2, 0) is 0 Å². The van der Waals surface area contributed by atoms with Crippen molar-refractivity contribution in [1.82, 2.24) is 10.2 Å². The standard InChI is InChI=1S/C12H24N2/c1-4-13-11-5-6-14(9-11)8-10-7-12(10,2)3/h10-11,13H,4-9H2,1-3H3. The number of nitrogens with one attached hydrogen (secondary N) is 1. The lowest BCUT2D eigenvalue weighted by Gasteiger charge is -2.17. The van der Waals surface area contributed by atoms with Crippen molar-refractivity contribution in [3.63, 3.8) is 0 Å². The van der Waals surface area contributed by atoms with Crippen LogP contribution in [-0.4, -0.2) is 37.1 Å². The molecular formula is C12H24N2. The van der Waals surface area contributed by atoms with Crippen LogP contribution in [0.3, 0.4) is 0 Å². The van der Waals surface area contributed by atoms with Crippen LogP contribution in [0.25, 0.3) is 0 Å². The van der Waals surface area contributed by atoms with Gasteiger partial charge < -0.3 is 10.2 Å². The van der Waals surface area contributed by atoms with Gasteiger partial charge in [-0.2, -0.15) is 0 Å². The van der Waals surface area contributed by atoms with E-state index in [1.165, 1.54) is 32.5 Å². The largest absolute Gasteiger partial charge is 0.313 e. The lowest BCUT2D eigenvalue weighted by Crippen LogP contribution is -2.33. The first-order valence-electron chi connectivity index (χ1n) is 6.07. The molecule has 2 heteroatoms. The molecule has 1 saturated heterocycles. The Morgan fingerprint density at radius 3 is 2.71 bits per heavy atom. The monoisotopic (exact) mass is 196 g/mol. The first-order valence-corrected chi connectivity index (χ1v) is 6.07. The van der Waals surface area contributed by atoms with E-state index in [2.05, 4.69) is 31.0 Å². The van der Waals surface area contributed by atoms with E-state index < -0.39 is 0 Å². The van der Waals surface area contributed by atoms with Crippen molar-refractivity contribution < 1.29 is 0 Å². The number of likely N-dealkylation sites (N-methyl/N-ethyl adjacent to an activating group) is 1. The molecule has 0 radical (unpaired) electrons. The second kappa shape index (κ2) is 3.82. The normalized spacial score (nSPS) is 36.2. The van der Waals surface area contributed by atoms with Crippen LogP contribution < -0.4 is 5.32 Å². The summed E-state index contributed by atoms with van der Waals surface area (Å²) in [4.78, 5) is 2.65. The van der Waals surface area contributed by atoms with Crippen molar-refractivity contribution >= 4 is 0 Å². The summed E-state index contributed by atoms with van der Waals surface area (Å²) in [5.74, 6) is 0.975. The Morgan fingerprint density at radius 2 is 2.14 bits per heavy atom. The van der Waals surface area contributed by atoms with Gasteiger partial charge in [-0.3, -0.25) is 0 Å². The highest BCUT2D eigenvalue weighted by atomic mass is 15.2. The van der Waals surface area contributed by atoms with E-state index in [9.17, 15) is 0 Å². The summed E-state index contributed by atoms with van der Waals surface area (Å²) in [6, 6.07) is 0.766. The van der Waals surface area contributed by atoms with Gasteiger partial charge in [0.05, 0.1) is 0 Å². The first-order chi connectivity index (χ1) is 6.62. The van der Waals surface area contributed by atoms with Crippen LogP contribution in [0, 0.1) is 11.3 Å². The predicted molar refractivity (Wildman–Crippen MR) is 60.4 cm³/mol. The molecule has 1 heterocycles. The Labute approximate surface area is 88.1 Å². The van der Waals surface area contributed by atoms with Crippen LogP contribution in [0.5, 0.6) is 0 Å². The molecule has 2 nitrogen and oxygen atoms in total. The fourth-order valence-electron chi connectivity index (χ4n) is 2.65. The second-order valence-electron chi connectivity index (χ2n) is 5.69. The number of rotatable bonds is 4. The summed E-state index contributed by atoms with van der Waals surface area (Å²) in [5, 5.41) is 3.55. The minimum Gasteiger partial charge on any atom is -0.313 e. The molecule has 1 N–H and O–H groups in total. The Morgan fingerprint density at radius 1 is 1.43 bits per heavy atom. The molecule has 0 spiro atoms. The van der Waals surface area contributed by atoms with E-state index in [1.807, 2.05) is 0 Å². The summed E-state index contributed by atoms with van der Waals surface area (Å²) in [6.07, 6.45) is 2.79. The quantitative estimate of drug-likeness (QED) is 0.736. The average molecular weight is 196 g/mol. The molecule has 1 aliphatic carbocycles. The molecule has 14 heavy (non-hydrogen) atoms. The second-order valence-corrected chi connectivity index (χ2v) is 5.69. The molecule has 2 fully saturated rings. The van der Waals surface area contributed by atoms with E-state index in [0.717, 1.165) is 18.5 Å². The Balaban J connectivity index is 1.69. The van der Waals surface area contributed by atoms with Crippen LogP contribution in [0.1, 0.15) is 33.6 Å². The van der Waals surface area contributed by atoms with Gasteiger partial charge >= 0.3 is 0 Å². The minimum absolute atomic E-state index is 0.649. The summed E-state index contributed by atoms with van der Waals surface area (Å²) in [5.41, 5.74) is 0.649. The number of hydrogen-bond donors (Lipinski definition) is 1. The molecule has 2 rings (SSSR count). The minimum atomic E-state index is 0.649. The van der Waals surface area contributed by atoms with E-state index in [0.29, 0.717) is 5.41 Å². The number of likely N-dealkylation sites (tertiary alicyclic amines) is 1. The predicted octanol–water partition coefficient (Wildman–Crippen LogP) is 1.72. The Hall–Kier alpha value is -0.0800. The highest BCUT2D eigenvalue weighted by molar-refractivity contribution is 4.97. The number of hydrogen-bond acceptors (Lipinski definition) is 2. The molecule has 0 amide bonds. The summed E-state index contributed by atoms with van der Waals surface area (Å²) >= 11 is 0. The molecule has 0 aromatic heterocycles. The lowest BCUT2D eigenvalue weighted by molar-refractivity contribution is 0.297. The van der Waals surface area contributed by atoms with E-state index in [1.54, 1.807) is 0 Å². The average Bonchev–Trinajstić information content (AvgIpc) is 2.55. The molecular weight excluding hydrogens is 172 g/mol. The molecule has 82 valence electrons. The molecule has 2 unspecified atom stereocenters. The zero-order valence-electron chi connectivity index (χ0n) is 9.84. The Bertz CT molecular complexity index is 200. The molecule has 2 atom stereocenters. The first kappa shape index (κ1) is 10.4. The maximum Gasteiger partial charge on any atom is 0.0207 e. The third kappa shape index (κ3) is 2.29. The van der Waals surface area contributed by atoms with Gasteiger partial charge in [0, 0.05) is 19.1 Å². The third-order valence-electron chi connectivity index (χ3n) is 3.96. The van der Waals surface area contributed by atoms with Crippen molar-refractivity contribution in [2.75, 3.05) is 26.2 Å². The topological polar surface area (TPSA) is 15.3 Å². The molecule has 0 bridgehead atoms.